The van der Waals surface area contributed by atoms with E-state index in [1.54, 1.807) is 29.8 Å². The Morgan fingerprint density at radius 3 is 2.50 bits per heavy atom. The Balaban J connectivity index is 1.87. The molecule has 0 saturated carbocycles. The number of hydrogen-bond donors (Lipinski definition) is 1. The molecule has 2 aromatic carbocycles. The van der Waals surface area contributed by atoms with Crippen molar-refractivity contribution in [2.75, 3.05) is 11.1 Å². The first-order valence-electron chi connectivity index (χ1n) is 9.57. The van der Waals surface area contributed by atoms with Gasteiger partial charge in [0.25, 0.3) is 0 Å². The largest absolute Gasteiger partial charge is 0.325 e. The average molecular weight is 446 g/mol. The summed E-state index contributed by atoms with van der Waals surface area (Å²) in [4.78, 5) is 12.9. The van der Waals surface area contributed by atoms with Gasteiger partial charge in [-0.25, -0.2) is 13.1 Å². The van der Waals surface area contributed by atoms with Gasteiger partial charge in [-0.2, -0.15) is 5.10 Å². The molecule has 0 aliphatic rings. The van der Waals surface area contributed by atoms with Gasteiger partial charge in [0.1, 0.15) is 0 Å². The fourth-order valence-electron chi connectivity index (χ4n) is 3.25. The second kappa shape index (κ2) is 8.62. The number of nitrogens with one attached hydrogen (secondary N) is 1. The number of carbonyl (C=O) groups is 1. The predicted octanol–water partition coefficient (Wildman–Crippen LogP) is 4.43. The van der Waals surface area contributed by atoms with Crippen LogP contribution < -0.4 is 5.32 Å². The van der Waals surface area contributed by atoms with Gasteiger partial charge >= 0.3 is 0 Å². The summed E-state index contributed by atoms with van der Waals surface area (Å²) in [5, 5.41) is 7.95. The van der Waals surface area contributed by atoms with Crippen LogP contribution in [-0.4, -0.2) is 29.9 Å². The van der Waals surface area contributed by atoms with Crippen LogP contribution in [-0.2, 0) is 21.1 Å². The van der Waals surface area contributed by atoms with Crippen LogP contribution in [0, 0.1) is 20.8 Å². The van der Waals surface area contributed by atoms with Crippen molar-refractivity contribution in [2.24, 2.45) is 0 Å². The van der Waals surface area contributed by atoms with Crippen LogP contribution in [0.1, 0.15) is 29.4 Å². The van der Waals surface area contributed by atoms with E-state index in [-0.39, 0.29) is 28.7 Å². The quantitative estimate of drug-likeness (QED) is 0.608. The minimum atomic E-state index is -3.45. The molecule has 6 nitrogen and oxygen atoms in total. The highest BCUT2D eigenvalue weighted by Crippen LogP contribution is 2.25. The highest BCUT2D eigenvalue weighted by atomic mass is 35.5. The number of carbonyl (C=O) groups excluding carboxylic acids is 1. The molecule has 1 N–H and O–H groups in total. The Morgan fingerprint density at radius 2 is 1.83 bits per heavy atom. The normalized spacial score (nSPS) is 11.5. The van der Waals surface area contributed by atoms with Gasteiger partial charge in [0.15, 0.2) is 9.84 Å². The van der Waals surface area contributed by atoms with Crippen LogP contribution in [0.3, 0.4) is 0 Å². The summed E-state index contributed by atoms with van der Waals surface area (Å²) in [6, 6.07) is 12.1. The second-order valence-corrected chi connectivity index (χ2v) is 9.77. The first kappa shape index (κ1) is 22.1. The fourth-order valence-corrected chi connectivity index (χ4v) is 4.47. The molecule has 3 aromatic rings. The van der Waals surface area contributed by atoms with Crippen LogP contribution in [0.5, 0.6) is 0 Å². The molecule has 158 valence electrons. The van der Waals surface area contributed by atoms with E-state index in [1.807, 2.05) is 39.0 Å². The number of benzene rings is 2. The second-order valence-electron chi connectivity index (χ2n) is 7.12. The number of halogens is 1. The molecule has 8 heteroatoms. The number of aryl methyl sites for hydroxylation is 2. The number of para-hydroxylation sites is 1. The van der Waals surface area contributed by atoms with Crippen LogP contribution in [0.25, 0.3) is 5.69 Å². The average Bonchev–Trinajstić information content (AvgIpc) is 2.98. The Labute approximate surface area is 181 Å². The molecule has 0 bridgehead atoms. The summed E-state index contributed by atoms with van der Waals surface area (Å²) in [5.41, 5.74) is 4.43. The number of aromatic nitrogens is 2. The standard InChI is InChI=1S/C22H24ClN3O3S/c1-5-30(28,29)21-9-7-6-8-20(21)24-22(27)13-18-15(3)25-26(16(18)4)17-11-10-14(2)19(23)12-17/h6-12H,5,13H2,1-4H3,(H,24,27). The zero-order chi connectivity index (χ0) is 22.1. The molecule has 0 radical (unpaired) electrons. The van der Waals surface area contributed by atoms with Crippen molar-refractivity contribution in [3.63, 3.8) is 0 Å². The first-order chi connectivity index (χ1) is 14.1. The van der Waals surface area contributed by atoms with E-state index >= 15 is 0 Å². The molecule has 0 saturated heterocycles. The van der Waals surface area contributed by atoms with Crippen molar-refractivity contribution in [3.8, 4) is 5.69 Å². The van der Waals surface area contributed by atoms with Crippen molar-refractivity contribution in [3.05, 3.63) is 70.0 Å². The van der Waals surface area contributed by atoms with Gasteiger partial charge in [0, 0.05) is 16.3 Å². The van der Waals surface area contributed by atoms with E-state index in [2.05, 4.69) is 10.4 Å². The van der Waals surface area contributed by atoms with Crippen molar-refractivity contribution >= 4 is 33.0 Å². The molecule has 1 amide bonds. The van der Waals surface area contributed by atoms with E-state index in [1.165, 1.54) is 6.07 Å². The van der Waals surface area contributed by atoms with E-state index in [0.717, 1.165) is 28.2 Å². The van der Waals surface area contributed by atoms with Gasteiger partial charge in [0.2, 0.25) is 5.91 Å². The SMILES string of the molecule is CCS(=O)(=O)c1ccccc1NC(=O)Cc1c(C)nn(-c2ccc(C)c(Cl)c2)c1C. The Morgan fingerprint density at radius 1 is 1.13 bits per heavy atom. The number of hydrogen-bond acceptors (Lipinski definition) is 4. The van der Waals surface area contributed by atoms with E-state index in [4.69, 9.17) is 11.6 Å². The third-order valence-electron chi connectivity index (χ3n) is 5.05. The minimum absolute atomic E-state index is 0.0377. The van der Waals surface area contributed by atoms with Gasteiger partial charge in [0.05, 0.1) is 34.1 Å². The maximum absolute atomic E-state index is 12.7. The summed E-state index contributed by atoms with van der Waals surface area (Å²) in [6.45, 7) is 7.25. The third-order valence-corrected chi connectivity index (χ3v) is 7.25. The van der Waals surface area contributed by atoms with E-state index < -0.39 is 9.84 Å². The van der Waals surface area contributed by atoms with E-state index in [9.17, 15) is 13.2 Å². The lowest BCUT2D eigenvalue weighted by Crippen LogP contribution is -2.18. The smallest absolute Gasteiger partial charge is 0.228 e. The van der Waals surface area contributed by atoms with Crippen LogP contribution >= 0.6 is 11.6 Å². The number of anilines is 1. The summed E-state index contributed by atoms with van der Waals surface area (Å²) in [6.07, 6.45) is 0.0811. The zero-order valence-electron chi connectivity index (χ0n) is 17.4. The number of amides is 1. The summed E-state index contributed by atoms with van der Waals surface area (Å²) in [7, 11) is -3.45. The van der Waals surface area contributed by atoms with Gasteiger partial charge < -0.3 is 5.32 Å². The minimum Gasteiger partial charge on any atom is -0.325 e. The maximum Gasteiger partial charge on any atom is 0.228 e. The molecule has 3 rings (SSSR count). The van der Waals surface area contributed by atoms with E-state index in [0.29, 0.717) is 5.02 Å². The third kappa shape index (κ3) is 4.42. The van der Waals surface area contributed by atoms with Crippen molar-refractivity contribution in [1.29, 1.82) is 0 Å². The summed E-state index contributed by atoms with van der Waals surface area (Å²) < 4.78 is 26.4. The van der Waals surface area contributed by atoms with Gasteiger partial charge in [-0.1, -0.05) is 36.7 Å². The monoisotopic (exact) mass is 445 g/mol. The lowest BCUT2D eigenvalue weighted by atomic mass is 10.1. The highest BCUT2D eigenvalue weighted by Gasteiger charge is 2.20. The Bertz CT molecular complexity index is 1220. The van der Waals surface area contributed by atoms with Gasteiger partial charge in [-0.15, -0.1) is 0 Å². The Hall–Kier alpha value is -2.64. The van der Waals surface area contributed by atoms with Crippen molar-refractivity contribution in [1.82, 2.24) is 9.78 Å². The number of nitrogens with zero attached hydrogens (tertiary/aromatic N) is 2. The summed E-state index contributed by atoms with van der Waals surface area (Å²) >= 11 is 6.25. The molecular weight excluding hydrogens is 422 g/mol. The molecular formula is C22H24ClN3O3S. The molecule has 30 heavy (non-hydrogen) atoms. The molecule has 0 atom stereocenters. The lowest BCUT2D eigenvalue weighted by molar-refractivity contribution is -0.115. The highest BCUT2D eigenvalue weighted by molar-refractivity contribution is 7.91. The molecule has 0 fully saturated rings. The van der Waals surface area contributed by atoms with Gasteiger partial charge in [-0.3, -0.25) is 4.79 Å². The molecule has 1 aromatic heterocycles. The first-order valence-corrected chi connectivity index (χ1v) is 11.6. The molecule has 0 unspecified atom stereocenters. The van der Waals surface area contributed by atoms with Gasteiger partial charge in [-0.05, 0) is 50.6 Å². The predicted molar refractivity (Wildman–Crippen MR) is 119 cm³/mol. The molecule has 0 spiro atoms. The number of sulfone groups is 1. The van der Waals surface area contributed by atoms with Crippen molar-refractivity contribution in [2.45, 2.75) is 39.0 Å². The van der Waals surface area contributed by atoms with Crippen molar-refractivity contribution < 1.29 is 13.2 Å². The zero-order valence-corrected chi connectivity index (χ0v) is 18.9. The Kier molecular flexibility index (Phi) is 6.33. The lowest BCUT2D eigenvalue weighted by Gasteiger charge is -2.11. The number of rotatable bonds is 6. The van der Waals surface area contributed by atoms with Crippen LogP contribution in [0.4, 0.5) is 5.69 Å². The molecule has 0 aliphatic heterocycles. The van der Waals surface area contributed by atoms with Crippen LogP contribution in [0.2, 0.25) is 5.02 Å². The molecule has 1 heterocycles. The fraction of sp³-hybridized carbons (Fsp3) is 0.273. The topological polar surface area (TPSA) is 81.1 Å². The van der Waals surface area contributed by atoms with Crippen LogP contribution in [0.15, 0.2) is 47.4 Å². The summed E-state index contributed by atoms with van der Waals surface area (Å²) in [5.74, 6) is -0.342. The maximum atomic E-state index is 12.7. The molecule has 0 aliphatic carbocycles.